The zero-order valence-corrected chi connectivity index (χ0v) is 10.8. The Morgan fingerprint density at radius 1 is 1.00 bits per heavy atom. The Hall–Kier alpha value is -1.31. The Kier molecular flexibility index (Phi) is 3.82. The quantitative estimate of drug-likeness (QED) is 0.673. The van der Waals surface area contributed by atoms with Crippen LogP contribution in [0.3, 0.4) is 0 Å². The average Bonchev–Trinajstić information content (AvgIpc) is 2.32. The molecule has 0 unspecified atom stereocenters. The molecular weight excluding hydrogens is 253 g/mol. The molecule has 0 aromatic heterocycles. The highest BCUT2D eigenvalue weighted by atomic mass is 35.5. The Morgan fingerprint density at radius 2 is 1.76 bits per heavy atom. The van der Waals surface area contributed by atoms with Gasteiger partial charge in [0, 0.05) is 21.8 Å². The van der Waals surface area contributed by atoms with Crippen LogP contribution in [-0.4, -0.2) is 6.21 Å². The molecule has 0 atom stereocenters. The molecule has 86 valence electrons. The molecule has 0 saturated heterocycles. The van der Waals surface area contributed by atoms with E-state index in [-0.39, 0.29) is 0 Å². The molecule has 0 aliphatic carbocycles. The average molecular weight is 264 g/mol. The fourth-order valence-corrected chi connectivity index (χ4v) is 1.75. The summed E-state index contributed by atoms with van der Waals surface area (Å²) in [5.41, 5.74) is 2.76. The number of halogens is 2. The van der Waals surface area contributed by atoms with E-state index in [0.717, 1.165) is 21.8 Å². The first kappa shape index (κ1) is 12.2. The van der Waals surface area contributed by atoms with Crippen LogP contribution in [0.4, 0.5) is 5.69 Å². The van der Waals surface area contributed by atoms with Crippen LogP contribution in [0.25, 0.3) is 0 Å². The normalized spacial score (nSPS) is 11.0. The van der Waals surface area contributed by atoms with Gasteiger partial charge in [-0.15, -0.1) is 0 Å². The molecule has 0 fully saturated rings. The predicted octanol–water partition coefficient (Wildman–Crippen LogP) is 5.05. The van der Waals surface area contributed by atoms with Crippen LogP contribution in [0.2, 0.25) is 10.0 Å². The number of benzene rings is 2. The zero-order valence-electron chi connectivity index (χ0n) is 9.32. The van der Waals surface area contributed by atoms with Crippen molar-refractivity contribution in [3.8, 4) is 0 Å². The highest BCUT2D eigenvalue weighted by molar-refractivity contribution is 6.33. The van der Waals surface area contributed by atoms with E-state index < -0.39 is 0 Å². The lowest BCUT2D eigenvalue weighted by atomic mass is 10.2. The van der Waals surface area contributed by atoms with Crippen LogP contribution in [0, 0.1) is 6.92 Å². The molecule has 0 heterocycles. The second kappa shape index (κ2) is 5.35. The summed E-state index contributed by atoms with van der Waals surface area (Å²) in [4.78, 5) is 4.35. The third kappa shape index (κ3) is 3.09. The van der Waals surface area contributed by atoms with Gasteiger partial charge in [-0.2, -0.15) is 0 Å². The molecule has 17 heavy (non-hydrogen) atoms. The summed E-state index contributed by atoms with van der Waals surface area (Å²) in [5.74, 6) is 0. The fourth-order valence-electron chi connectivity index (χ4n) is 1.39. The van der Waals surface area contributed by atoms with E-state index in [9.17, 15) is 0 Å². The van der Waals surface area contributed by atoms with Crippen molar-refractivity contribution < 1.29 is 0 Å². The van der Waals surface area contributed by atoms with E-state index in [2.05, 4.69) is 4.99 Å². The SMILES string of the molecule is Cc1ccc(N=Cc2ccccc2Cl)cc1Cl. The van der Waals surface area contributed by atoms with Gasteiger partial charge in [0.25, 0.3) is 0 Å². The second-order valence-electron chi connectivity index (χ2n) is 3.71. The second-order valence-corrected chi connectivity index (χ2v) is 4.53. The van der Waals surface area contributed by atoms with Gasteiger partial charge in [0.15, 0.2) is 0 Å². The summed E-state index contributed by atoms with van der Waals surface area (Å²) in [6.07, 6.45) is 1.74. The van der Waals surface area contributed by atoms with Gasteiger partial charge in [-0.1, -0.05) is 47.5 Å². The Bertz CT molecular complexity index is 562. The largest absolute Gasteiger partial charge is 0.256 e. The first-order valence-electron chi connectivity index (χ1n) is 5.21. The van der Waals surface area contributed by atoms with E-state index in [1.807, 2.05) is 49.4 Å². The monoisotopic (exact) mass is 263 g/mol. The van der Waals surface area contributed by atoms with Gasteiger partial charge in [-0.25, -0.2) is 0 Å². The minimum Gasteiger partial charge on any atom is -0.256 e. The van der Waals surface area contributed by atoms with E-state index >= 15 is 0 Å². The smallest absolute Gasteiger partial charge is 0.0644 e. The molecule has 0 spiro atoms. The van der Waals surface area contributed by atoms with E-state index in [1.54, 1.807) is 6.21 Å². The van der Waals surface area contributed by atoms with Crippen LogP contribution in [-0.2, 0) is 0 Å². The van der Waals surface area contributed by atoms with Crippen molar-refractivity contribution >= 4 is 35.1 Å². The lowest BCUT2D eigenvalue weighted by Crippen LogP contribution is -1.81. The van der Waals surface area contributed by atoms with Crippen molar-refractivity contribution in [3.05, 3.63) is 63.6 Å². The molecule has 0 saturated carbocycles. The Morgan fingerprint density at radius 3 is 2.47 bits per heavy atom. The van der Waals surface area contributed by atoms with E-state index in [0.29, 0.717) is 5.02 Å². The van der Waals surface area contributed by atoms with Crippen LogP contribution in [0.1, 0.15) is 11.1 Å². The number of nitrogens with zero attached hydrogens (tertiary/aromatic N) is 1. The maximum Gasteiger partial charge on any atom is 0.0644 e. The fraction of sp³-hybridized carbons (Fsp3) is 0.0714. The molecule has 2 rings (SSSR count). The highest BCUT2D eigenvalue weighted by Crippen LogP contribution is 2.22. The van der Waals surface area contributed by atoms with Gasteiger partial charge >= 0.3 is 0 Å². The van der Waals surface area contributed by atoms with Gasteiger partial charge in [-0.05, 0) is 30.7 Å². The Labute approximate surface area is 111 Å². The summed E-state index contributed by atoms with van der Waals surface area (Å²) in [5, 5.41) is 1.41. The predicted molar refractivity (Wildman–Crippen MR) is 74.9 cm³/mol. The summed E-state index contributed by atoms with van der Waals surface area (Å²) < 4.78 is 0. The topological polar surface area (TPSA) is 12.4 Å². The molecule has 1 nitrogen and oxygen atoms in total. The number of rotatable bonds is 2. The summed E-state index contributed by atoms with van der Waals surface area (Å²) >= 11 is 12.1. The van der Waals surface area contributed by atoms with Crippen molar-refractivity contribution in [1.29, 1.82) is 0 Å². The zero-order chi connectivity index (χ0) is 12.3. The maximum atomic E-state index is 6.03. The molecule has 0 aliphatic rings. The van der Waals surface area contributed by atoms with Crippen molar-refractivity contribution in [3.63, 3.8) is 0 Å². The third-order valence-corrected chi connectivity index (χ3v) is 3.16. The third-order valence-electron chi connectivity index (χ3n) is 2.41. The van der Waals surface area contributed by atoms with Crippen LogP contribution >= 0.6 is 23.2 Å². The standard InChI is InChI=1S/C14H11Cl2N/c1-10-6-7-12(8-14(10)16)17-9-11-4-2-3-5-13(11)15/h2-9H,1H3. The van der Waals surface area contributed by atoms with Crippen molar-refractivity contribution in [2.24, 2.45) is 4.99 Å². The van der Waals surface area contributed by atoms with E-state index in [1.165, 1.54) is 0 Å². The molecule has 0 radical (unpaired) electrons. The number of aryl methyl sites for hydroxylation is 1. The molecular formula is C14H11Cl2N. The Balaban J connectivity index is 2.26. The lowest BCUT2D eigenvalue weighted by molar-refractivity contribution is 1.44. The first-order chi connectivity index (χ1) is 8.16. The minimum atomic E-state index is 0.689. The minimum absolute atomic E-state index is 0.689. The highest BCUT2D eigenvalue weighted by Gasteiger charge is 1.97. The lowest BCUT2D eigenvalue weighted by Gasteiger charge is -1.99. The van der Waals surface area contributed by atoms with Crippen LogP contribution < -0.4 is 0 Å². The number of hydrogen-bond acceptors (Lipinski definition) is 1. The summed E-state index contributed by atoms with van der Waals surface area (Å²) in [6.45, 7) is 1.96. The molecule has 0 bridgehead atoms. The molecule has 0 N–H and O–H groups in total. The molecule has 2 aromatic carbocycles. The van der Waals surface area contributed by atoms with Crippen molar-refractivity contribution in [1.82, 2.24) is 0 Å². The van der Waals surface area contributed by atoms with Crippen LogP contribution in [0.5, 0.6) is 0 Å². The van der Waals surface area contributed by atoms with Crippen molar-refractivity contribution in [2.75, 3.05) is 0 Å². The summed E-state index contributed by atoms with van der Waals surface area (Å²) in [6, 6.07) is 13.3. The summed E-state index contributed by atoms with van der Waals surface area (Å²) in [7, 11) is 0. The first-order valence-corrected chi connectivity index (χ1v) is 5.97. The maximum absolute atomic E-state index is 6.03. The number of hydrogen-bond donors (Lipinski definition) is 0. The molecule has 3 heteroatoms. The molecule has 2 aromatic rings. The number of aliphatic imine (C=N–C) groups is 1. The van der Waals surface area contributed by atoms with Gasteiger partial charge in [0.05, 0.1) is 5.69 Å². The van der Waals surface area contributed by atoms with Gasteiger partial charge in [0.1, 0.15) is 0 Å². The van der Waals surface area contributed by atoms with Crippen molar-refractivity contribution in [2.45, 2.75) is 6.92 Å². The van der Waals surface area contributed by atoms with Gasteiger partial charge < -0.3 is 0 Å². The molecule has 0 aliphatic heterocycles. The van der Waals surface area contributed by atoms with Gasteiger partial charge in [-0.3, -0.25) is 4.99 Å². The van der Waals surface area contributed by atoms with Crippen LogP contribution in [0.15, 0.2) is 47.5 Å². The van der Waals surface area contributed by atoms with Gasteiger partial charge in [0.2, 0.25) is 0 Å². The van der Waals surface area contributed by atoms with E-state index in [4.69, 9.17) is 23.2 Å². The molecule has 0 amide bonds.